The Balaban J connectivity index is 1.22. The summed E-state index contributed by atoms with van der Waals surface area (Å²) in [6, 6.07) is 4.04. The van der Waals surface area contributed by atoms with E-state index in [0.29, 0.717) is 24.9 Å². The molecule has 2 aromatic rings. The monoisotopic (exact) mass is 396 g/mol. The molecule has 154 valence electrons. The topological polar surface area (TPSA) is 81.4 Å². The van der Waals surface area contributed by atoms with Gasteiger partial charge in [0.2, 0.25) is 0 Å². The van der Waals surface area contributed by atoms with E-state index in [9.17, 15) is 4.79 Å². The highest BCUT2D eigenvalue weighted by molar-refractivity contribution is 5.68. The van der Waals surface area contributed by atoms with Crippen LogP contribution >= 0.6 is 0 Å². The predicted octanol–water partition coefficient (Wildman–Crippen LogP) is 4.66. The molecular formula is C22H28N4O3. The van der Waals surface area contributed by atoms with Crippen LogP contribution in [0.4, 0.5) is 4.79 Å². The van der Waals surface area contributed by atoms with Gasteiger partial charge >= 0.3 is 6.09 Å². The van der Waals surface area contributed by atoms with E-state index < -0.39 is 0 Å². The van der Waals surface area contributed by atoms with Crippen LogP contribution in [0.5, 0.6) is 0 Å². The van der Waals surface area contributed by atoms with Crippen LogP contribution in [0.25, 0.3) is 11.5 Å². The molecule has 29 heavy (non-hydrogen) atoms. The number of aromatic nitrogens is 3. The number of ether oxygens (including phenoxy) is 1. The van der Waals surface area contributed by atoms with E-state index in [4.69, 9.17) is 9.26 Å². The number of rotatable bonds is 4. The minimum Gasteiger partial charge on any atom is -0.443 e. The first-order valence-electron chi connectivity index (χ1n) is 10.9. The van der Waals surface area contributed by atoms with E-state index in [1.807, 2.05) is 19.2 Å². The molecule has 0 aromatic carbocycles. The SMILES string of the molecule is CC1(OC(=O)N2CCC(c3noc(-c4ccnc(C5CCCC5)c4)n3)CC2)CC1. The van der Waals surface area contributed by atoms with Gasteiger partial charge < -0.3 is 14.2 Å². The molecule has 3 heterocycles. The predicted molar refractivity (Wildman–Crippen MR) is 106 cm³/mol. The van der Waals surface area contributed by atoms with Gasteiger partial charge in [-0.3, -0.25) is 4.98 Å². The van der Waals surface area contributed by atoms with Crippen molar-refractivity contribution in [3.05, 3.63) is 29.8 Å². The first kappa shape index (κ1) is 18.6. The van der Waals surface area contributed by atoms with Gasteiger partial charge in [-0.1, -0.05) is 18.0 Å². The van der Waals surface area contributed by atoms with Crippen molar-refractivity contribution in [2.45, 2.75) is 75.7 Å². The first-order chi connectivity index (χ1) is 14.1. The second kappa shape index (κ2) is 7.43. The molecule has 0 unspecified atom stereocenters. The average Bonchev–Trinajstić information content (AvgIpc) is 3.18. The van der Waals surface area contributed by atoms with Crippen LogP contribution in [-0.2, 0) is 4.74 Å². The Hall–Kier alpha value is -2.44. The van der Waals surface area contributed by atoms with Gasteiger partial charge in [0.1, 0.15) is 5.60 Å². The second-order valence-corrected chi connectivity index (χ2v) is 8.99. The molecule has 7 nitrogen and oxygen atoms in total. The van der Waals surface area contributed by atoms with Crippen molar-refractivity contribution in [2.24, 2.45) is 0 Å². The lowest BCUT2D eigenvalue weighted by Gasteiger charge is -2.30. The van der Waals surface area contributed by atoms with Gasteiger partial charge in [-0.05, 0) is 57.6 Å². The van der Waals surface area contributed by atoms with Crippen molar-refractivity contribution < 1.29 is 14.1 Å². The minimum absolute atomic E-state index is 0.187. The third-order valence-corrected chi connectivity index (χ3v) is 6.65. The second-order valence-electron chi connectivity index (χ2n) is 8.99. The number of hydrogen-bond donors (Lipinski definition) is 0. The van der Waals surface area contributed by atoms with Gasteiger partial charge in [-0.2, -0.15) is 4.98 Å². The van der Waals surface area contributed by atoms with Crippen molar-refractivity contribution in [3.8, 4) is 11.5 Å². The van der Waals surface area contributed by atoms with Crippen molar-refractivity contribution in [2.75, 3.05) is 13.1 Å². The largest absolute Gasteiger partial charge is 0.443 e. The molecule has 2 aromatic heterocycles. The van der Waals surface area contributed by atoms with Crippen LogP contribution in [0.3, 0.4) is 0 Å². The molecule has 0 bridgehead atoms. The van der Waals surface area contributed by atoms with E-state index >= 15 is 0 Å². The Morgan fingerprint density at radius 1 is 1.17 bits per heavy atom. The molecule has 0 N–H and O–H groups in total. The molecule has 2 aliphatic carbocycles. The van der Waals surface area contributed by atoms with Crippen molar-refractivity contribution >= 4 is 6.09 Å². The Morgan fingerprint density at radius 2 is 1.93 bits per heavy atom. The van der Waals surface area contributed by atoms with Gasteiger partial charge in [0, 0.05) is 42.4 Å². The molecule has 3 fully saturated rings. The Kier molecular flexibility index (Phi) is 4.76. The highest BCUT2D eigenvalue weighted by Crippen LogP contribution is 2.39. The summed E-state index contributed by atoms with van der Waals surface area (Å²) >= 11 is 0. The molecular weight excluding hydrogens is 368 g/mol. The van der Waals surface area contributed by atoms with Crippen LogP contribution in [0.15, 0.2) is 22.9 Å². The summed E-state index contributed by atoms with van der Waals surface area (Å²) in [5.74, 6) is 2.06. The lowest BCUT2D eigenvalue weighted by atomic mass is 9.96. The van der Waals surface area contributed by atoms with Gasteiger partial charge in [-0.15, -0.1) is 0 Å². The van der Waals surface area contributed by atoms with Crippen molar-refractivity contribution in [1.82, 2.24) is 20.0 Å². The van der Waals surface area contributed by atoms with Crippen LogP contribution in [0, 0.1) is 0 Å². The van der Waals surface area contributed by atoms with Crippen LogP contribution in [0.2, 0.25) is 0 Å². The van der Waals surface area contributed by atoms with Crippen molar-refractivity contribution in [3.63, 3.8) is 0 Å². The van der Waals surface area contributed by atoms with E-state index in [1.165, 1.54) is 25.7 Å². The third kappa shape index (κ3) is 4.00. The highest BCUT2D eigenvalue weighted by atomic mass is 16.6. The fourth-order valence-electron chi connectivity index (χ4n) is 4.42. The Morgan fingerprint density at radius 3 is 2.66 bits per heavy atom. The summed E-state index contributed by atoms with van der Waals surface area (Å²) < 4.78 is 11.2. The van der Waals surface area contributed by atoms with E-state index in [-0.39, 0.29) is 17.6 Å². The number of carbonyl (C=O) groups excluding carboxylic acids is 1. The fourth-order valence-corrected chi connectivity index (χ4v) is 4.42. The number of likely N-dealkylation sites (tertiary alicyclic amines) is 1. The zero-order valence-electron chi connectivity index (χ0n) is 17.0. The molecule has 0 atom stereocenters. The normalized spacial score (nSPS) is 22.0. The summed E-state index contributed by atoms with van der Waals surface area (Å²) in [7, 11) is 0. The smallest absolute Gasteiger partial charge is 0.410 e. The Labute approximate surface area is 170 Å². The van der Waals surface area contributed by atoms with Crippen LogP contribution in [-0.4, -0.2) is 44.8 Å². The molecule has 1 aliphatic heterocycles. The maximum atomic E-state index is 12.3. The lowest BCUT2D eigenvalue weighted by molar-refractivity contribution is 0.0518. The number of amides is 1. The molecule has 0 radical (unpaired) electrons. The molecule has 3 aliphatic rings. The van der Waals surface area contributed by atoms with Crippen LogP contribution in [0.1, 0.15) is 81.6 Å². The summed E-state index contributed by atoms with van der Waals surface area (Å²) in [5.41, 5.74) is 1.86. The molecule has 1 amide bonds. The average molecular weight is 396 g/mol. The number of carbonyl (C=O) groups is 1. The maximum absolute atomic E-state index is 12.3. The minimum atomic E-state index is -0.224. The number of pyridine rings is 1. The summed E-state index contributed by atoms with van der Waals surface area (Å²) in [4.78, 5) is 23.3. The van der Waals surface area contributed by atoms with Gasteiger partial charge in [0.15, 0.2) is 5.82 Å². The van der Waals surface area contributed by atoms with Gasteiger partial charge in [-0.25, -0.2) is 4.79 Å². The summed E-state index contributed by atoms with van der Waals surface area (Å²) in [6.07, 6.45) is 10.3. The van der Waals surface area contributed by atoms with E-state index in [0.717, 1.165) is 42.8 Å². The molecule has 0 spiro atoms. The first-order valence-corrected chi connectivity index (χ1v) is 10.9. The molecule has 2 saturated carbocycles. The molecule has 7 heteroatoms. The standard InChI is InChI=1S/C22H28N4O3/c1-22(9-10-22)28-21(27)26-12-7-16(8-13-26)19-24-20(29-25-19)17-6-11-23-18(14-17)15-4-2-3-5-15/h6,11,14-16H,2-5,7-10,12-13H2,1H3. The summed E-state index contributed by atoms with van der Waals surface area (Å²) in [6.45, 7) is 3.34. The van der Waals surface area contributed by atoms with Crippen LogP contribution < -0.4 is 0 Å². The number of piperidine rings is 1. The number of hydrogen-bond acceptors (Lipinski definition) is 6. The van der Waals surface area contributed by atoms with E-state index in [1.54, 1.807) is 4.90 Å². The van der Waals surface area contributed by atoms with Gasteiger partial charge in [0.25, 0.3) is 5.89 Å². The lowest BCUT2D eigenvalue weighted by Crippen LogP contribution is -2.40. The highest BCUT2D eigenvalue weighted by Gasteiger charge is 2.43. The van der Waals surface area contributed by atoms with Crippen molar-refractivity contribution in [1.29, 1.82) is 0 Å². The summed E-state index contributed by atoms with van der Waals surface area (Å²) in [5, 5.41) is 4.24. The quantitative estimate of drug-likeness (QED) is 0.748. The molecule has 1 saturated heterocycles. The zero-order chi connectivity index (χ0) is 19.8. The molecule has 5 rings (SSSR count). The fraction of sp³-hybridized carbons (Fsp3) is 0.636. The number of nitrogens with zero attached hydrogens (tertiary/aromatic N) is 4. The van der Waals surface area contributed by atoms with E-state index in [2.05, 4.69) is 21.2 Å². The zero-order valence-corrected chi connectivity index (χ0v) is 17.0. The third-order valence-electron chi connectivity index (χ3n) is 6.65. The maximum Gasteiger partial charge on any atom is 0.410 e. The van der Waals surface area contributed by atoms with Gasteiger partial charge in [0.05, 0.1) is 0 Å². The Bertz CT molecular complexity index is 878.